The fourth-order valence-electron chi connectivity index (χ4n) is 2.24. The van der Waals surface area contributed by atoms with Crippen LogP contribution in [-0.2, 0) is 9.59 Å². The molecular formula is C12H22N2O3. The molecule has 2 unspecified atom stereocenters. The van der Waals surface area contributed by atoms with E-state index in [1.54, 1.807) is 4.90 Å². The maximum Gasteiger partial charge on any atom is 0.306 e. The zero-order valence-electron chi connectivity index (χ0n) is 10.6. The third-order valence-electron chi connectivity index (χ3n) is 3.25. The first-order valence-electron chi connectivity index (χ1n) is 6.29. The van der Waals surface area contributed by atoms with Crippen molar-refractivity contribution in [3.8, 4) is 0 Å². The van der Waals surface area contributed by atoms with E-state index in [0.717, 1.165) is 13.0 Å². The van der Waals surface area contributed by atoms with Crippen molar-refractivity contribution in [2.45, 2.75) is 39.2 Å². The molecule has 0 saturated carbocycles. The van der Waals surface area contributed by atoms with E-state index in [-0.39, 0.29) is 17.9 Å². The number of nitrogens with one attached hydrogen (secondary N) is 1. The van der Waals surface area contributed by atoms with Gasteiger partial charge in [-0.2, -0.15) is 0 Å². The highest BCUT2D eigenvalue weighted by Gasteiger charge is 2.31. The predicted octanol–water partition coefficient (Wildman–Crippen LogP) is 0.698. The van der Waals surface area contributed by atoms with Crippen molar-refractivity contribution in [1.82, 2.24) is 10.2 Å². The molecule has 1 aliphatic heterocycles. The number of amides is 1. The highest BCUT2D eigenvalue weighted by atomic mass is 16.4. The van der Waals surface area contributed by atoms with E-state index in [9.17, 15) is 9.59 Å². The summed E-state index contributed by atoms with van der Waals surface area (Å²) >= 11 is 0. The van der Waals surface area contributed by atoms with Crippen molar-refractivity contribution in [1.29, 1.82) is 0 Å². The zero-order valence-corrected chi connectivity index (χ0v) is 10.6. The zero-order chi connectivity index (χ0) is 12.8. The number of hydrogen-bond acceptors (Lipinski definition) is 3. The van der Waals surface area contributed by atoms with E-state index < -0.39 is 5.97 Å². The molecule has 0 aromatic carbocycles. The Morgan fingerprint density at radius 2 is 2.18 bits per heavy atom. The van der Waals surface area contributed by atoms with Gasteiger partial charge in [-0.15, -0.1) is 0 Å². The van der Waals surface area contributed by atoms with Crippen LogP contribution >= 0.6 is 0 Å². The van der Waals surface area contributed by atoms with E-state index in [0.29, 0.717) is 25.9 Å². The lowest BCUT2D eigenvalue weighted by molar-refractivity contribution is -0.147. The predicted molar refractivity (Wildman–Crippen MR) is 64.7 cm³/mol. The van der Waals surface area contributed by atoms with Crippen LogP contribution in [0.4, 0.5) is 0 Å². The van der Waals surface area contributed by atoms with Crippen LogP contribution in [0.3, 0.4) is 0 Å². The van der Waals surface area contributed by atoms with Gasteiger partial charge in [0.15, 0.2) is 0 Å². The molecule has 1 aliphatic rings. The first kappa shape index (κ1) is 14.0. The fourth-order valence-corrected chi connectivity index (χ4v) is 2.24. The fraction of sp³-hybridized carbons (Fsp3) is 0.833. The Labute approximate surface area is 102 Å². The van der Waals surface area contributed by atoms with E-state index in [1.807, 2.05) is 6.92 Å². The SMILES string of the molecule is CCCNCC(=O)N1CCC(C(=O)O)CC1C. The maximum atomic E-state index is 11.9. The minimum atomic E-state index is -0.743. The molecule has 1 amide bonds. The Morgan fingerprint density at radius 1 is 1.47 bits per heavy atom. The van der Waals surface area contributed by atoms with Gasteiger partial charge in [0.25, 0.3) is 0 Å². The topological polar surface area (TPSA) is 69.6 Å². The number of carboxylic acids is 1. The second-order valence-electron chi connectivity index (χ2n) is 4.67. The summed E-state index contributed by atoms with van der Waals surface area (Å²) in [5.74, 6) is -0.958. The first-order chi connectivity index (χ1) is 8.06. The Bertz CT molecular complexity index is 281. The molecule has 0 aliphatic carbocycles. The molecule has 1 heterocycles. The number of hydrogen-bond donors (Lipinski definition) is 2. The van der Waals surface area contributed by atoms with Crippen molar-refractivity contribution in [2.24, 2.45) is 5.92 Å². The van der Waals surface area contributed by atoms with Gasteiger partial charge in [-0.3, -0.25) is 9.59 Å². The number of likely N-dealkylation sites (tertiary alicyclic amines) is 1. The number of nitrogens with zero attached hydrogens (tertiary/aromatic N) is 1. The maximum absolute atomic E-state index is 11.9. The Kier molecular flexibility index (Phi) is 5.41. The molecule has 1 saturated heterocycles. The second-order valence-corrected chi connectivity index (χ2v) is 4.67. The molecule has 1 rings (SSSR count). The molecule has 0 aromatic rings. The lowest BCUT2D eigenvalue weighted by atomic mass is 9.92. The van der Waals surface area contributed by atoms with Gasteiger partial charge in [-0.25, -0.2) is 0 Å². The van der Waals surface area contributed by atoms with Gasteiger partial charge in [0, 0.05) is 12.6 Å². The number of carbonyl (C=O) groups is 2. The van der Waals surface area contributed by atoms with Gasteiger partial charge in [-0.1, -0.05) is 6.92 Å². The quantitative estimate of drug-likeness (QED) is 0.696. The van der Waals surface area contributed by atoms with Crippen LogP contribution in [0.1, 0.15) is 33.1 Å². The van der Waals surface area contributed by atoms with Crippen LogP contribution in [0.5, 0.6) is 0 Å². The second kappa shape index (κ2) is 6.59. The number of carboxylic acid groups (broad SMARTS) is 1. The normalized spacial score (nSPS) is 24.7. The summed E-state index contributed by atoms with van der Waals surface area (Å²) in [5.41, 5.74) is 0. The number of piperidine rings is 1. The van der Waals surface area contributed by atoms with E-state index >= 15 is 0 Å². The van der Waals surface area contributed by atoms with Gasteiger partial charge in [0.2, 0.25) is 5.91 Å². The molecule has 2 N–H and O–H groups in total. The summed E-state index contributed by atoms with van der Waals surface area (Å²) in [6.07, 6.45) is 2.14. The lowest BCUT2D eigenvalue weighted by Crippen LogP contribution is -2.48. The van der Waals surface area contributed by atoms with Crippen LogP contribution in [0.15, 0.2) is 0 Å². The lowest BCUT2D eigenvalue weighted by Gasteiger charge is -2.36. The average Bonchev–Trinajstić information content (AvgIpc) is 2.28. The van der Waals surface area contributed by atoms with Crippen LogP contribution in [0, 0.1) is 5.92 Å². The Morgan fingerprint density at radius 3 is 2.71 bits per heavy atom. The minimum absolute atomic E-state index is 0.0285. The molecule has 1 fully saturated rings. The molecule has 0 radical (unpaired) electrons. The smallest absolute Gasteiger partial charge is 0.306 e. The molecular weight excluding hydrogens is 220 g/mol. The summed E-state index contributed by atoms with van der Waals surface area (Å²) in [6.45, 7) is 5.73. The highest BCUT2D eigenvalue weighted by molar-refractivity contribution is 5.79. The molecule has 2 atom stereocenters. The third-order valence-corrected chi connectivity index (χ3v) is 3.25. The van der Waals surface area contributed by atoms with Gasteiger partial charge >= 0.3 is 5.97 Å². The van der Waals surface area contributed by atoms with Crippen molar-refractivity contribution in [3.63, 3.8) is 0 Å². The van der Waals surface area contributed by atoms with Crippen molar-refractivity contribution in [3.05, 3.63) is 0 Å². The highest BCUT2D eigenvalue weighted by Crippen LogP contribution is 2.22. The minimum Gasteiger partial charge on any atom is -0.481 e. The van der Waals surface area contributed by atoms with E-state index in [2.05, 4.69) is 12.2 Å². The van der Waals surface area contributed by atoms with Crippen LogP contribution in [0.2, 0.25) is 0 Å². The van der Waals surface area contributed by atoms with Crippen molar-refractivity contribution >= 4 is 11.9 Å². The summed E-state index contributed by atoms with van der Waals surface area (Å²) in [5, 5.41) is 12.0. The summed E-state index contributed by atoms with van der Waals surface area (Å²) in [6, 6.07) is 0.0285. The molecule has 0 aromatic heterocycles. The summed E-state index contributed by atoms with van der Waals surface area (Å²) in [7, 11) is 0. The summed E-state index contributed by atoms with van der Waals surface area (Å²) in [4.78, 5) is 24.5. The Hall–Kier alpha value is -1.10. The van der Waals surface area contributed by atoms with Gasteiger partial charge < -0.3 is 15.3 Å². The standard InChI is InChI=1S/C12H22N2O3/c1-3-5-13-8-11(15)14-6-4-10(12(16)17)7-9(14)2/h9-10,13H,3-8H2,1-2H3,(H,16,17). The molecule has 5 heteroatoms. The van der Waals surface area contributed by atoms with Gasteiger partial charge in [0.1, 0.15) is 0 Å². The molecule has 98 valence electrons. The number of carbonyl (C=O) groups excluding carboxylic acids is 1. The monoisotopic (exact) mass is 242 g/mol. The molecule has 0 bridgehead atoms. The van der Waals surface area contributed by atoms with Crippen molar-refractivity contribution < 1.29 is 14.7 Å². The van der Waals surface area contributed by atoms with E-state index in [1.165, 1.54) is 0 Å². The largest absolute Gasteiger partial charge is 0.481 e. The van der Waals surface area contributed by atoms with E-state index in [4.69, 9.17) is 5.11 Å². The first-order valence-corrected chi connectivity index (χ1v) is 6.29. The van der Waals surface area contributed by atoms with Crippen LogP contribution in [-0.4, -0.2) is 47.6 Å². The number of rotatable bonds is 5. The molecule has 17 heavy (non-hydrogen) atoms. The number of aliphatic carboxylic acids is 1. The Balaban J connectivity index is 2.40. The van der Waals surface area contributed by atoms with Crippen LogP contribution < -0.4 is 5.32 Å². The molecule has 0 spiro atoms. The van der Waals surface area contributed by atoms with Gasteiger partial charge in [-0.05, 0) is 32.7 Å². The molecule has 5 nitrogen and oxygen atoms in total. The van der Waals surface area contributed by atoms with Gasteiger partial charge in [0.05, 0.1) is 12.5 Å². The van der Waals surface area contributed by atoms with Crippen molar-refractivity contribution in [2.75, 3.05) is 19.6 Å². The van der Waals surface area contributed by atoms with Crippen LogP contribution in [0.25, 0.3) is 0 Å². The average molecular weight is 242 g/mol. The summed E-state index contributed by atoms with van der Waals surface area (Å²) < 4.78 is 0. The third kappa shape index (κ3) is 4.00.